The van der Waals surface area contributed by atoms with E-state index in [1.807, 2.05) is 31.2 Å². The number of benzene rings is 1. The molecule has 2 rings (SSSR count). The van der Waals surface area contributed by atoms with Gasteiger partial charge in [-0.2, -0.15) is 0 Å². The second-order valence-electron chi connectivity index (χ2n) is 6.93. The lowest BCUT2D eigenvalue weighted by Crippen LogP contribution is -2.49. The Morgan fingerprint density at radius 1 is 1.07 bits per heavy atom. The number of hydrogen-bond acceptors (Lipinski definition) is 5. The average molecular weight is 439 g/mol. The van der Waals surface area contributed by atoms with Crippen molar-refractivity contribution in [1.29, 1.82) is 5.41 Å². The van der Waals surface area contributed by atoms with Crippen LogP contribution in [0.25, 0.3) is 0 Å². The largest absolute Gasteiger partial charge is 0.497 e. The zero-order chi connectivity index (χ0) is 20.2. The van der Waals surface area contributed by atoms with Gasteiger partial charge in [-0.3, -0.25) is 5.41 Å². The van der Waals surface area contributed by atoms with Crippen LogP contribution in [0.3, 0.4) is 0 Å². The SMILES string of the molecule is COc1ccc(COCC2OC(OC(=N)C(Cl)(Cl)Cl)C(C)C(C)[C@@H]2C)cc1. The fraction of sp³-hybridized carbons (Fsp3) is 0.632. The van der Waals surface area contributed by atoms with Gasteiger partial charge in [-0.25, -0.2) is 0 Å². The van der Waals surface area contributed by atoms with Gasteiger partial charge >= 0.3 is 0 Å². The van der Waals surface area contributed by atoms with Crippen LogP contribution in [0.15, 0.2) is 24.3 Å². The lowest BCUT2D eigenvalue weighted by atomic mass is 9.79. The summed E-state index contributed by atoms with van der Waals surface area (Å²) in [6, 6.07) is 7.72. The van der Waals surface area contributed by atoms with Crippen molar-refractivity contribution in [2.75, 3.05) is 13.7 Å². The van der Waals surface area contributed by atoms with Crippen molar-refractivity contribution in [1.82, 2.24) is 0 Å². The molecule has 1 heterocycles. The van der Waals surface area contributed by atoms with Gasteiger partial charge in [0.2, 0.25) is 12.2 Å². The molecule has 4 unspecified atom stereocenters. The van der Waals surface area contributed by atoms with Crippen molar-refractivity contribution in [2.24, 2.45) is 17.8 Å². The second-order valence-corrected chi connectivity index (χ2v) is 9.21. The molecule has 1 saturated heterocycles. The Labute approximate surface area is 175 Å². The van der Waals surface area contributed by atoms with E-state index in [0.29, 0.717) is 19.1 Å². The number of hydrogen-bond donors (Lipinski definition) is 1. The van der Waals surface area contributed by atoms with Gasteiger partial charge in [-0.1, -0.05) is 67.7 Å². The number of alkyl halides is 3. The smallest absolute Gasteiger partial charge is 0.265 e. The molecular weight excluding hydrogens is 413 g/mol. The van der Waals surface area contributed by atoms with Crippen LogP contribution < -0.4 is 4.74 Å². The number of rotatable bonds is 6. The molecule has 1 aliphatic heterocycles. The number of ether oxygens (including phenoxy) is 4. The van der Waals surface area contributed by atoms with Crippen LogP contribution in [-0.2, 0) is 20.8 Å². The fourth-order valence-corrected chi connectivity index (χ4v) is 3.14. The molecule has 1 aliphatic rings. The summed E-state index contributed by atoms with van der Waals surface area (Å²) in [6.45, 7) is 7.13. The van der Waals surface area contributed by atoms with Crippen LogP contribution in [0.4, 0.5) is 0 Å². The van der Waals surface area contributed by atoms with E-state index in [-0.39, 0.29) is 17.9 Å². The van der Waals surface area contributed by atoms with Gasteiger partial charge in [0.25, 0.3) is 3.79 Å². The minimum absolute atomic E-state index is 0.0468. The molecule has 5 nitrogen and oxygen atoms in total. The number of halogens is 3. The highest BCUT2D eigenvalue weighted by atomic mass is 35.6. The van der Waals surface area contributed by atoms with E-state index in [4.69, 9.17) is 59.2 Å². The lowest BCUT2D eigenvalue weighted by molar-refractivity contribution is -0.230. The van der Waals surface area contributed by atoms with Gasteiger partial charge in [0.05, 0.1) is 26.4 Å². The topological polar surface area (TPSA) is 60.8 Å². The summed E-state index contributed by atoms with van der Waals surface area (Å²) < 4.78 is 20.6. The molecule has 1 fully saturated rings. The Morgan fingerprint density at radius 2 is 1.70 bits per heavy atom. The molecule has 0 saturated carbocycles. The molecule has 27 heavy (non-hydrogen) atoms. The molecule has 5 atom stereocenters. The van der Waals surface area contributed by atoms with Gasteiger partial charge in [0, 0.05) is 5.92 Å². The van der Waals surface area contributed by atoms with Gasteiger partial charge in [0.1, 0.15) is 5.75 Å². The number of methoxy groups -OCH3 is 1. The highest BCUT2D eigenvalue weighted by Gasteiger charge is 2.42. The Hall–Kier alpha value is -0.720. The van der Waals surface area contributed by atoms with Crippen molar-refractivity contribution >= 4 is 40.7 Å². The molecule has 0 aliphatic carbocycles. The maximum Gasteiger partial charge on any atom is 0.265 e. The molecule has 1 N–H and O–H groups in total. The molecule has 0 aromatic heterocycles. The Morgan fingerprint density at radius 3 is 2.26 bits per heavy atom. The summed E-state index contributed by atoms with van der Waals surface area (Å²) in [5.41, 5.74) is 1.05. The maximum atomic E-state index is 7.79. The predicted molar refractivity (Wildman–Crippen MR) is 108 cm³/mol. The molecule has 152 valence electrons. The summed E-state index contributed by atoms with van der Waals surface area (Å²) >= 11 is 17.2. The quantitative estimate of drug-likeness (QED) is 0.376. The number of nitrogens with one attached hydrogen (secondary N) is 1. The Balaban J connectivity index is 1.93. The summed E-state index contributed by atoms with van der Waals surface area (Å²) in [5.74, 6) is 0.968. The van der Waals surface area contributed by atoms with Gasteiger partial charge in [-0.05, 0) is 29.5 Å². The Bertz CT molecular complexity index is 620. The minimum Gasteiger partial charge on any atom is -0.497 e. The first-order valence-corrected chi connectivity index (χ1v) is 9.95. The van der Waals surface area contributed by atoms with Crippen LogP contribution in [-0.4, -0.2) is 35.8 Å². The molecule has 8 heteroatoms. The molecule has 0 bridgehead atoms. The fourth-order valence-electron chi connectivity index (χ4n) is 3.01. The van der Waals surface area contributed by atoms with Crippen LogP contribution in [0.5, 0.6) is 5.75 Å². The third-order valence-corrected chi connectivity index (χ3v) is 5.70. The van der Waals surface area contributed by atoms with Gasteiger partial charge in [-0.15, -0.1) is 0 Å². The van der Waals surface area contributed by atoms with Gasteiger partial charge < -0.3 is 18.9 Å². The van der Waals surface area contributed by atoms with Crippen molar-refractivity contribution in [3.05, 3.63) is 29.8 Å². The summed E-state index contributed by atoms with van der Waals surface area (Å²) in [7, 11) is 1.64. The zero-order valence-electron chi connectivity index (χ0n) is 15.9. The highest BCUT2D eigenvalue weighted by Crippen LogP contribution is 2.37. The summed E-state index contributed by atoms with van der Waals surface area (Å²) in [6.07, 6.45) is -0.837. The van der Waals surface area contributed by atoms with E-state index >= 15 is 0 Å². The summed E-state index contributed by atoms with van der Waals surface area (Å²) in [4.78, 5) is 0. The first-order chi connectivity index (χ1) is 12.6. The third-order valence-electron chi connectivity index (χ3n) is 5.18. The van der Waals surface area contributed by atoms with Crippen LogP contribution >= 0.6 is 34.8 Å². The van der Waals surface area contributed by atoms with Crippen LogP contribution in [0.1, 0.15) is 26.3 Å². The average Bonchev–Trinajstić information content (AvgIpc) is 2.63. The van der Waals surface area contributed by atoms with Crippen LogP contribution in [0, 0.1) is 23.2 Å². The maximum absolute atomic E-state index is 7.79. The van der Waals surface area contributed by atoms with E-state index in [1.165, 1.54) is 0 Å². The van der Waals surface area contributed by atoms with E-state index in [2.05, 4.69) is 13.8 Å². The molecule has 0 spiro atoms. The van der Waals surface area contributed by atoms with Crippen molar-refractivity contribution in [3.63, 3.8) is 0 Å². The first-order valence-electron chi connectivity index (χ1n) is 8.82. The molecule has 0 amide bonds. The second kappa shape index (κ2) is 9.66. The van der Waals surface area contributed by atoms with E-state index < -0.39 is 16.0 Å². The molecule has 1 aromatic rings. The monoisotopic (exact) mass is 437 g/mol. The zero-order valence-corrected chi connectivity index (χ0v) is 18.1. The van der Waals surface area contributed by atoms with E-state index in [9.17, 15) is 0 Å². The van der Waals surface area contributed by atoms with Crippen molar-refractivity contribution in [2.45, 2.75) is 43.6 Å². The van der Waals surface area contributed by atoms with Crippen molar-refractivity contribution < 1.29 is 18.9 Å². The molecular formula is C19H26Cl3NO4. The summed E-state index contributed by atoms with van der Waals surface area (Å²) in [5, 5.41) is 7.79. The van der Waals surface area contributed by atoms with Crippen molar-refractivity contribution in [3.8, 4) is 5.75 Å². The van der Waals surface area contributed by atoms with E-state index in [1.54, 1.807) is 7.11 Å². The standard InChI is InChI=1S/C19H26Cl3NO4/c1-11-12(2)16(10-25-9-14-5-7-15(24-4)8-6-14)26-17(13(11)3)27-18(23)19(20,21)22/h5-8,11-13,16-17,23H,9-10H2,1-4H3/t11?,12-,13?,16?,17?/m0/s1. The molecule has 0 radical (unpaired) electrons. The van der Waals surface area contributed by atoms with Crippen LogP contribution in [0.2, 0.25) is 0 Å². The Kier molecular flexibility index (Phi) is 8.07. The molecule has 1 aromatic carbocycles. The predicted octanol–water partition coefficient (Wildman–Crippen LogP) is 5.21. The van der Waals surface area contributed by atoms with Gasteiger partial charge in [0.15, 0.2) is 0 Å². The first kappa shape index (κ1) is 22.6. The normalized spacial score (nSPS) is 28.6. The van der Waals surface area contributed by atoms with E-state index in [0.717, 1.165) is 11.3 Å². The highest BCUT2D eigenvalue weighted by molar-refractivity contribution is 6.76. The minimum atomic E-state index is -1.91. The third kappa shape index (κ3) is 6.13. The lowest BCUT2D eigenvalue weighted by Gasteiger charge is -2.43.